The second-order valence-corrected chi connectivity index (χ2v) is 3.60. The Morgan fingerprint density at radius 3 is 3.08 bits per heavy atom. The van der Waals surface area contributed by atoms with Crippen LogP contribution in [0.25, 0.3) is 0 Å². The molecule has 0 spiro atoms. The van der Waals surface area contributed by atoms with Crippen LogP contribution in [-0.4, -0.2) is 18.1 Å². The molecular formula is C11H16N2. The second kappa shape index (κ2) is 3.36. The number of rotatable bonds is 1. The molecule has 2 heteroatoms. The standard InChI is InChI=1S/C11H16N2/c1-3-13-8-4-5-10-11(13)7-6-9(2)12-10/h6-7H,3-5,8H2,1-2H3. The largest absolute Gasteiger partial charge is 0.370 e. The van der Waals surface area contributed by atoms with E-state index in [4.69, 9.17) is 0 Å². The molecular weight excluding hydrogens is 160 g/mol. The minimum Gasteiger partial charge on any atom is -0.370 e. The molecule has 1 aromatic heterocycles. The maximum Gasteiger partial charge on any atom is 0.0640 e. The van der Waals surface area contributed by atoms with Crippen molar-refractivity contribution < 1.29 is 0 Å². The Labute approximate surface area is 79.6 Å². The fraction of sp³-hybridized carbons (Fsp3) is 0.545. The van der Waals surface area contributed by atoms with Gasteiger partial charge in [0.25, 0.3) is 0 Å². The fourth-order valence-corrected chi connectivity index (χ4v) is 1.96. The zero-order valence-electron chi connectivity index (χ0n) is 8.38. The van der Waals surface area contributed by atoms with Crippen LogP contribution in [0.4, 0.5) is 5.69 Å². The van der Waals surface area contributed by atoms with E-state index in [0.717, 1.165) is 18.7 Å². The topological polar surface area (TPSA) is 16.1 Å². The van der Waals surface area contributed by atoms with Crippen LogP contribution in [0.2, 0.25) is 0 Å². The number of pyridine rings is 1. The predicted molar refractivity (Wildman–Crippen MR) is 55.2 cm³/mol. The normalized spacial score (nSPS) is 15.7. The number of anilines is 1. The summed E-state index contributed by atoms with van der Waals surface area (Å²) >= 11 is 0. The Bertz CT molecular complexity index is 307. The van der Waals surface area contributed by atoms with E-state index >= 15 is 0 Å². The number of hydrogen-bond acceptors (Lipinski definition) is 2. The summed E-state index contributed by atoms with van der Waals surface area (Å²) in [5.74, 6) is 0. The smallest absolute Gasteiger partial charge is 0.0640 e. The van der Waals surface area contributed by atoms with Crippen molar-refractivity contribution in [3.63, 3.8) is 0 Å². The molecule has 2 rings (SSSR count). The maximum atomic E-state index is 4.57. The van der Waals surface area contributed by atoms with Crippen LogP contribution >= 0.6 is 0 Å². The highest BCUT2D eigenvalue weighted by molar-refractivity contribution is 5.52. The van der Waals surface area contributed by atoms with E-state index in [9.17, 15) is 0 Å². The molecule has 0 aliphatic carbocycles. The summed E-state index contributed by atoms with van der Waals surface area (Å²) in [6, 6.07) is 4.31. The minimum absolute atomic E-state index is 1.09. The highest BCUT2D eigenvalue weighted by Crippen LogP contribution is 2.24. The van der Waals surface area contributed by atoms with Gasteiger partial charge in [-0.15, -0.1) is 0 Å². The number of nitrogens with zero attached hydrogens (tertiary/aromatic N) is 2. The van der Waals surface area contributed by atoms with Gasteiger partial charge in [0.15, 0.2) is 0 Å². The van der Waals surface area contributed by atoms with Crippen LogP contribution in [0.1, 0.15) is 24.7 Å². The molecule has 0 unspecified atom stereocenters. The fourth-order valence-electron chi connectivity index (χ4n) is 1.96. The maximum absolute atomic E-state index is 4.57. The van der Waals surface area contributed by atoms with Gasteiger partial charge in [-0.1, -0.05) is 0 Å². The Morgan fingerprint density at radius 1 is 1.46 bits per heavy atom. The lowest BCUT2D eigenvalue weighted by molar-refractivity contribution is 0.690. The van der Waals surface area contributed by atoms with Crippen LogP contribution in [0, 0.1) is 6.92 Å². The average molecular weight is 176 g/mol. The number of aromatic nitrogens is 1. The number of fused-ring (bicyclic) bond motifs is 1. The molecule has 70 valence electrons. The first-order valence-corrected chi connectivity index (χ1v) is 5.02. The second-order valence-electron chi connectivity index (χ2n) is 3.60. The summed E-state index contributed by atoms with van der Waals surface area (Å²) < 4.78 is 0. The SMILES string of the molecule is CCN1CCCc2nc(C)ccc21. The summed E-state index contributed by atoms with van der Waals surface area (Å²) in [7, 11) is 0. The molecule has 0 aromatic carbocycles. The van der Waals surface area contributed by atoms with Gasteiger partial charge >= 0.3 is 0 Å². The van der Waals surface area contributed by atoms with Gasteiger partial charge in [0.1, 0.15) is 0 Å². The van der Waals surface area contributed by atoms with Crippen molar-refractivity contribution in [2.24, 2.45) is 0 Å². The number of hydrogen-bond donors (Lipinski definition) is 0. The lowest BCUT2D eigenvalue weighted by atomic mass is 10.1. The molecule has 0 N–H and O–H groups in total. The molecule has 2 nitrogen and oxygen atoms in total. The van der Waals surface area contributed by atoms with Crippen molar-refractivity contribution in [3.8, 4) is 0 Å². The van der Waals surface area contributed by atoms with Gasteiger partial charge in [-0.25, -0.2) is 0 Å². The third-order valence-corrected chi connectivity index (χ3v) is 2.65. The summed E-state index contributed by atoms with van der Waals surface area (Å²) in [6.45, 7) is 6.55. The van der Waals surface area contributed by atoms with E-state index in [1.807, 2.05) is 0 Å². The monoisotopic (exact) mass is 176 g/mol. The van der Waals surface area contributed by atoms with E-state index in [2.05, 4.69) is 35.9 Å². The zero-order valence-corrected chi connectivity index (χ0v) is 8.38. The van der Waals surface area contributed by atoms with Gasteiger partial charge in [-0.2, -0.15) is 0 Å². The van der Waals surface area contributed by atoms with Crippen molar-refractivity contribution in [1.82, 2.24) is 4.98 Å². The summed E-state index contributed by atoms with van der Waals surface area (Å²) in [6.07, 6.45) is 2.39. The Morgan fingerprint density at radius 2 is 2.31 bits per heavy atom. The third-order valence-electron chi connectivity index (χ3n) is 2.65. The van der Waals surface area contributed by atoms with Crippen LogP contribution in [0.3, 0.4) is 0 Å². The molecule has 0 bridgehead atoms. The van der Waals surface area contributed by atoms with Crippen LogP contribution < -0.4 is 4.90 Å². The molecule has 0 amide bonds. The van der Waals surface area contributed by atoms with Crippen LogP contribution in [0.15, 0.2) is 12.1 Å². The Balaban J connectivity index is 2.40. The lowest BCUT2D eigenvalue weighted by Gasteiger charge is -2.29. The van der Waals surface area contributed by atoms with Gasteiger partial charge in [0, 0.05) is 18.8 Å². The van der Waals surface area contributed by atoms with E-state index in [1.165, 1.54) is 24.3 Å². The predicted octanol–water partition coefficient (Wildman–Crippen LogP) is 2.16. The van der Waals surface area contributed by atoms with E-state index in [1.54, 1.807) is 0 Å². The number of aryl methyl sites for hydroxylation is 2. The van der Waals surface area contributed by atoms with Gasteiger partial charge in [0.05, 0.1) is 11.4 Å². The zero-order chi connectivity index (χ0) is 9.26. The molecule has 0 radical (unpaired) electrons. The third kappa shape index (κ3) is 1.53. The Hall–Kier alpha value is -1.05. The highest BCUT2D eigenvalue weighted by Gasteiger charge is 2.15. The molecule has 13 heavy (non-hydrogen) atoms. The van der Waals surface area contributed by atoms with Crippen molar-refractivity contribution >= 4 is 5.69 Å². The van der Waals surface area contributed by atoms with Crippen LogP contribution in [0.5, 0.6) is 0 Å². The lowest BCUT2D eigenvalue weighted by Crippen LogP contribution is -2.29. The van der Waals surface area contributed by atoms with Crippen molar-refractivity contribution in [3.05, 3.63) is 23.5 Å². The average Bonchev–Trinajstić information content (AvgIpc) is 2.16. The summed E-state index contributed by atoms with van der Waals surface area (Å²) in [4.78, 5) is 6.98. The Kier molecular flexibility index (Phi) is 2.21. The molecule has 0 saturated heterocycles. The quantitative estimate of drug-likeness (QED) is 0.652. The molecule has 0 saturated carbocycles. The molecule has 1 aliphatic heterocycles. The van der Waals surface area contributed by atoms with E-state index in [0.29, 0.717) is 0 Å². The molecule has 0 atom stereocenters. The van der Waals surface area contributed by atoms with Crippen LogP contribution in [-0.2, 0) is 6.42 Å². The summed E-state index contributed by atoms with van der Waals surface area (Å²) in [5, 5.41) is 0. The first kappa shape index (κ1) is 8.54. The first-order chi connectivity index (χ1) is 6.31. The molecule has 1 aliphatic rings. The molecule has 2 heterocycles. The van der Waals surface area contributed by atoms with E-state index in [-0.39, 0.29) is 0 Å². The highest BCUT2D eigenvalue weighted by atomic mass is 15.1. The minimum atomic E-state index is 1.09. The van der Waals surface area contributed by atoms with E-state index < -0.39 is 0 Å². The van der Waals surface area contributed by atoms with Crippen molar-refractivity contribution in [1.29, 1.82) is 0 Å². The molecule has 1 aromatic rings. The first-order valence-electron chi connectivity index (χ1n) is 5.02. The van der Waals surface area contributed by atoms with Gasteiger partial charge < -0.3 is 4.90 Å². The summed E-state index contributed by atoms with van der Waals surface area (Å²) in [5.41, 5.74) is 3.77. The van der Waals surface area contributed by atoms with Gasteiger partial charge in [-0.3, -0.25) is 4.98 Å². The van der Waals surface area contributed by atoms with Gasteiger partial charge in [-0.05, 0) is 38.8 Å². The van der Waals surface area contributed by atoms with Crippen molar-refractivity contribution in [2.75, 3.05) is 18.0 Å². The van der Waals surface area contributed by atoms with Crippen molar-refractivity contribution in [2.45, 2.75) is 26.7 Å². The van der Waals surface area contributed by atoms with Gasteiger partial charge in [0.2, 0.25) is 0 Å². The molecule has 0 fully saturated rings.